The Labute approximate surface area is 48.9 Å². The van der Waals surface area contributed by atoms with Gasteiger partial charge >= 0.3 is 0 Å². The number of allylic oxidation sites excluding steroid dienone is 1. The van der Waals surface area contributed by atoms with Gasteiger partial charge < -0.3 is 5.32 Å². The Morgan fingerprint density at radius 3 is 2.75 bits per heavy atom. The van der Waals surface area contributed by atoms with Gasteiger partial charge in [0.05, 0.1) is 0 Å². The Morgan fingerprint density at radius 1 is 1.75 bits per heavy atom. The summed E-state index contributed by atoms with van der Waals surface area (Å²) in [5.41, 5.74) is 0. The first-order chi connectivity index (χ1) is 3.81. The van der Waals surface area contributed by atoms with Gasteiger partial charge in [-0.2, -0.15) is 0 Å². The summed E-state index contributed by atoms with van der Waals surface area (Å²) in [5, 5.41) is 2.38. The lowest BCUT2D eigenvalue weighted by Crippen LogP contribution is -2.12. The molecule has 0 aliphatic heterocycles. The maximum Gasteiger partial charge on any atom is 0.247 e. The molecule has 0 heterocycles. The summed E-state index contributed by atoms with van der Waals surface area (Å²) in [4.78, 5) is 10.4. The van der Waals surface area contributed by atoms with E-state index in [0.717, 1.165) is 0 Å². The van der Waals surface area contributed by atoms with Crippen LogP contribution in [0.25, 0.3) is 0 Å². The second kappa shape index (κ2) is 4.12. The third-order valence-corrected chi connectivity index (χ3v) is 0.562. The molecule has 2 nitrogen and oxygen atoms in total. The zero-order valence-corrected chi connectivity index (χ0v) is 4.85. The lowest BCUT2D eigenvalue weighted by molar-refractivity contribution is -0.115. The van der Waals surface area contributed by atoms with E-state index in [0.29, 0.717) is 0 Å². The highest BCUT2D eigenvalue weighted by Gasteiger charge is 1.83. The number of carbonyl (C=O) groups excluding carboxylic acids is 1. The monoisotopic (exact) mass is 111 g/mol. The molecule has 2 heteroatoms. The van der Waals surface area contributed by atoms with Gasteiger partial charge in [-0.3, -0.25) is 4.79 Å². The van der Waals surface area contributed by atoms with E-state index < -0.39 is 0 Å². The molecule has 0 aromatic carbocycles. The molecule has 0 aromatic heterocycles. The Hall–Kier alpha value is -1.05. The lowest BCUT2D eigenvalue weighted by Gasteiger charge is -1.86. The molecule has 8 heavy (non-hydrogen) atoms. The quantitative estimate of drug-likeness (QED) is 0.525. The first-order valence-corrected chi connectivity index (χ1v) is 2.35. The molecule has 0 bridgehead atoms. The lowest BCUT2D eigenvalue weighted by atomic mass is 10.5. The molecule has 0 saturated carbocycles. The predicted octanol–water partition coefficient (Wildman–Crippen LogP) is 0.822. The van der Waals surface area contributed by atoms with E-state index in [9.17, 15) is 4.79 Å². The van der Waals surface area contributed by atoms with Gasteiger partial charge in [-0.15, -0.1) is 0 Å². The Bertz CT molecular complexity index is 116. The molecule has 0 radical (unpaired) electrons. The molecule has 0 atom stereocenters. The standard InChI is InChI=1S/C6H9NO/c1-3-5-6(8)7-4-2/h3-5H,2H2,1H3,(H,7,8)/b5-3-. The van der Waals surface area contributed by atoms with Crippen molar-refractivity contribution in [1.29, 1.82) is 0 Å². The van der Waals surface area contributed by atoms with Crippen LogP contribution in [-0.2, 0) is 4.79 Å². The molecule has 0 aromatic rings. The molecule has 44 valence electrons. The van der Waals surface area contributed by atoms with Crippen LogP contribution in [0.2, 0.25) is 0 Å². The minimum Gasteiger partial charge on any atom is -0.330 e. The summed E-state index contributed by atoms with van der Waals surface area (Å²) in [6.45, 7) is 5.10. The summed E-state index contributed by atoms with van der Waals surface area (Å²) in [6.07, 6.45) is 4.45. The number of hydrogen-bond acceptors (Lipinski definition) is 1. The fourth-order valence-corrected chi connectivity index (χ4v) is 0.300. The van der Waals surface area contributed by atoms with Crippen LogP contribution in [0.3, 0.4) is 0 Å². The third kappa shape index (κ3) is 3.15. The molecule has 0 fully saturated rings. The van der Waals surface area contributed by atoms with E-state index in [1.54, 1.807) is 13.0 Å². The van der Waals surface area contributed by atoms with Crippen LogP contribution in [0.5, 0.6) is 0 Å². The van der Waals surface area contributed by atoms with Crippen molar-refractivity contribution in [3.05, 3.63) is 24.9 Å². The van der Waals surface area contributed by atoms with E-state index in [-0.39, 0.29) is 5.91 Å². The van der Waals surface area contributed by atoms with Gasteiger partial charge in [-0.05, 0) is 19.2 Å². The smallest absolute Gasteiger partial charge is 0.247 e. The second-order valence-electron chi connectivity index (χ2n) is 1.21. The van der Waals surface area contributed by atoms with Gasteiger partial charge in [0.1, 0.15) is 0 Å². The normalized spacial score (nSPS) is 9.12. The maximum absolute atomic E-state index is 10.4. The number of rotatable bonds is 2. The molecule has 0 aliphatic carbocycles. The highest BCUT2D eigenvalue weighted by Crippen LogP contribution is 1.69. The highest BCUT2D eigenvalue weighted by atomic mass is 16.1. The van der Waals surface area contributed by atoms with Gasteiger partial charge in [-0.25, -0.2) is 0 Å². The number of carbonyl (C=O) groups is 1. The molecule has 0 rings (SSSR count). The molecule has 0 spiro atoms. The second-order valence-corrected chi connectivity index (χ2v) is 1.21. The van der Waals surface area contributed by atoms with Crippen molar-refractivity contribution in [3.63, 3.8) is 0 Å². The maximum atomic E-state index is 10.4. The average Bonchev–Trinajstić information content (AvgIpc) is 1.68. The van der Waals surface area contributed by atoms with Crippen LogP contribution in [0.15, 0.2) is 24.9 Å². The largest absolute Gasteiger partial charge is 0.330 e. The van der Waals surface area contributed by atoms with Gasteiger partial charge in [0.2, 0.25) is 5.91 Å². The molecule has 0 aliphatic rings. The summed E-state index contributed by atoms with van der Waals surface area (Å²) in [7, 11) is 0. The minimum atomic E-state index is -0.137. The molecular formula is C6H9NO. The van der Waals surface area contributed by atoms with E-state index in [2.05, 4.69) is 11.9 Å². The van der Waals surface area contributed by atoms with Crippen molar-refractivity contribution >= 4 is 5.91 Å². The van der Waals surface area contributed by atoms with Crippen molar-refractivity contribution in [3.8, 4) is 0 Å². The van der Waals surface area contributed by atoms with Crippen molar-refractivity contribution in [2.24, 2.45) is 0 Å². The zero-order valence-electron chi connectivity index (χ0n) is 4.85. The van der Waals surface area contributed by atoms with Crippen molar-refractivity contribution < 1.29 is 4.79 Å². The first kappa shape index (κ1) is 6.95. The Kier molecular flexibility index (Phi) is 3.58. The average molecular weight is 111 g/mol. The summed E-state index contributed by atoms with van der Waals surface area (Å²) in [6, 6.07) is 0. The number of amides is 1. The SMILES string of the molecule is C=CNC(=O)/C=C\C. The molecule has 0 saturated heterocycles. The van der Waals surface area contributed by atoms with E-state index >= 15 is 0 Å². The van der Waals surface area contributed by atoms with Gasteiger partial charge in [0, 0.05) is 0 Å². The summed E-state index contributed by atoms with van der Waals surface area (Å²) < 4.78 is 0. The van der Waals surface area contributed by atoms with Crippen molar-refractivity contribution in [2.45, 2.75) is 6.92 Å². The Morgan fingerprint density at radius 2 is 2.38 bits per heavy atom. The van der Waals surface area contributed by atoms with Crippen LogP contribution in [-0.4, -0.2) is 5.91 Å². The van der Waals surface area contributed by atoms with E-state index in [1.165, 1.54) is 12.3 Å². The first-order valence-electron chi connectivity index (χ1n) is 2.35. The summed E-state index contributed by atoms with van der Waals surface area (Å²) >= 11 is 0. The zero-order chi connectivity index (χ0) is 6.41. The van der Waals surface area contributed by atoms with Crippen LogP contribution in [0.4, 0.5) is 0 Å². The van der Waals surface area contributed by atoms with Gasteiger partial charge in [0.25, 0.3) is 0 Å². The topological polar surface area (TPSA) is 29.1 Å². The number of nitrogens with one attached hydrogen (secondary N) is 1. The van der Waals surface area contributed by atoms with Crippen molar-refractivity contribution in [2.75, 3.05) is 0 Å². The van der Waals surface area contributed by atoms with E-state index in [4.69, 9.17) is 0 Å². The minimum absolute atomic E-state index is 0.137. The molecular weight excluding hydrogens is 102 g/mol. The predicted molar refractivity (Wildman–Crippen MR) is 33.2 cm³/mol. The van der Waals surface area contributed by atoms with Crippen LogP contribution >= 0.6 is 0 Å². The van der Waals surface area contributed by atoms with E-state index in [1.807, 2.05) is 0 Å². The van der Waals surface area contributed by atoms with Gasteiger partial charge in [0.15, 0.2) is 0 Å². The molecule has 1 amide bonds. The fourth-order valence-electron chi connectivity index (χ4n) is 0.300. The van der Waals surface area contributed by atoms with Gasteiger partial charge in [-0.1, -0.05) is 12.7 Å². The highest BCUT2D eigenvalue weighted by molar-refractivity contribution is 5.87. The van der Waals surface area contributed by atoms with Crippen LogP contribution in [0.1, 0.15) is 6.92 Å². The molecule has 0 unspecified atom stereocenters. The van der Waals surface area contributed by atoms with Crippen LogP contribution < -0.4 is 5.32 Å². The third-order valence-electron chi connectivity index (χ3n) is 0.562. The summed E-state index contributed by atoms with van der Waals surface area (Å²) in [5.74, 6) is -0.137. The van der Waals surface area contributed by atoms with Crippen LogP contribution in [0, 0.1) is 0 Å². The fraction of sp³-hybridized carbons (Fsp3) is 0.167. The van der Waals surface area contributed by atoms with Crippen molar-refractivity contribution in [1.82, 2.24) is 5.32 Å². The molecule has 1 N–H and O–H groups in total. The number of hydrogen-bond donors (Lipinski definition) is 1. The Balaban J connectivity index is 3.48.